The molecule has 0 aromatic heterocycles. The van der Waals surface area contributed by atoms with E-state index in [2.05, 4.69) is 11.0 Å². The van der Waals surface area contributed by atoms with Crippen molar-refractivity contribution in [2.24, 2.45) is 5.41 Å². The summed E-state index contributed by atoms with van der Waals surface area (Å²) in [5, 5.41) is 9.04. The van der Waals surface area contributed by atoms with Gasteiger partial charge < -0.3 is 9.80 Å². The number of alkyl halides is 3. The van der Waals surface area contributed by atoms with E-state index in [1.54, 1.807) is 12.1 Å². The summed E-state index contributed by atoms with van der Waals surface area (Å²) in [4.78, 5) is 17.7. The van der Waals surface area contributed by atoms with Crippen LogP contribution in [-0.2, 0) is 0 Å². The topological polar surface area (TPSA) is 47.3 Å². The summed E-state index contributed by atoms with van der Waals surface area (Å²) in [7, 11) is 0. The van der Waals surface area contributed by atoms with Crippen molar-refractivity contribution in [3.63, 3.8) is 0 Å². The van der Waals surface area contributed by atoms with E-state index in [1.165, 1.54) is 12.1 Å². The molecule has 3 aliphatic rings. The largest absolute Gasteiger partial charge is 0.395 e. The summed E-state index contributed by atoms with van der Waals surface area (Å²) < 4.78 is 38.9. The minimum Gasteiger partial charge on any atom is -0.333 e. The molecule has 168 valence electrons. The van der Waals surface area contributed by atoms with E-state index < -0.39 is 12.1 Å². The number of likely N-dealkylation sites (tertiary alicyclic amines) is 1. The molecule has 1 aromatic rings. The number of rotatable bonds is 7. The van der Waals surface area contributed by atoms with Crippen LogP contribution in [0.2, 0.25) is 0 Å². The van der Waals surface area contributed by atoms with E-state index in [0.717, 1.165) is 65.1 Å². The Labute approximate surface area is 182 Å². The van der Waals surface area contributed by atoms with Crippen LogP contribution >= 0.6 is 0 Å². The fourth-order valence-corrected chi connectivity index (χ4v) is 4.80. The third-order valence-corrected chi connectivity index (χ3v) is 7.24. The Kier molecular flexibility index (Phi) is 6.04. The molecule has 3 fully saturated rings. The Balaban J connectivity index is 1.38. The monoisotopic (exact) mass is 433 g/mol. The Morgan fingerprint density at radius 2 is 1.74 bits per heavy atom. The highest BCUT2D eigenvalue weighted by Gasteiger charge is 2.45. The molecule has 4 nitrogen and oxygen atoms in total. The highest BCUT2D eigenvalue weighted by atomic mass is 19.4. The summed E-state index contributed by atoms with van der Waals surface area (Å²) in [6, 6.07) is 8.71. The maximum atomic E-state index is 13.3. The molecule has 1 saturated heterocycles. The van der Waals surface area contributed by atoms with Gasteiger partial charge in [0.2, 0.25) is 0 Å². The number of piperidine rings is 1. The molecule has 1 aliphatic heterocycles. The molecule has 7 heteroatoms. The molecule has 1 atom stereocenters. The zero-order valence-electron chi connectivity index (χ0n) is 18.0. The van der Waals surface area contributed by atoms with Crippen molar-refractivity contribution in [2.75, 3.05) is 19.6 Å². The number of carbonyl (C=O) groups excluding carboxylic acids is 1. The highest BCUT2D eigenvalue weighted by Crippen LogP contribution is 2.49. The average molecular weight is 434 g/mol. The molecule has 0 spiro atoms. The van der Waals surface area contributed by atoms with Gasteiger partial charge in [0.05, 0.1) is 12.0 Å². The second-order valence-electron chi connectivity index (χ2n) is 9.67. The van der Waals surface area contributed by atoms with Gasteiger partial charge in [0, 0.05) is 43.7 Å². The molecule has 0 N–H and O–H groups in total. The third-order valence-electron chi connectivity index (χ3n) is 7.24. The summed E-state index contributed by atoms with van der Waals surface area (Å²) >= 11 is 0. The minimum atomic E-state index is -4.29. The second-order valence-corrected chi connectivity index (χ2v) is 9.67. The summed E-state index contributed by atoms with van der Waals surface area (Å²) in [5.41, 5.74) is 0.850. The van der Waals surface area contributed by atoms with Crippen LogP contribution < -0.4 is 0 Å². The third kappa shape index (κ3) is 5.06. The number of halogens is 3. The first kappa shape index (κ1) is 22.1. The van der Waals surface area contributed by atoms with E-state index in [1.807, 2.05) is 4.90 Å². The predicted molar refractivity (Wildman–Crippen MR) is 111 cm³/mol. The van der Waals surface area contributed by atoms with Crippen LogP contribution in [0.25, 0.3) is 0 Å². The number of nitrogens with zero attached hydrogens (tertiary/aromatic N) is 3. The van der Waals surface area contributed by atoms with Gasteiger partial charge in [-0.1, -0.05) is 12.1 Å². The van der Waals surface area contributed by atoms with Crippen LogP contribution in [0.1, 0.15) is 73.7 Å². The summed E-state index contributed by atoms with van der Waals surface area (Å²) in [5.74, 6) is -1.60. The lowest BCUT2D eigenvalue weighted by Gasteiger charge is -2.40. The standard InChI is InChI=1S/C24H30F3N3O/c1-17(24(25,26)27)18-2-4-19(5-3-18)22(31)30(20-6-7-20)21-8-14-29(15-9-21)16-23(10-11-23)12-13-28/h2-5,17,20-21H,6-12,14-16H2,1H3. The average Bonchev–Trinajstić information content (AvgIpc) is 3.67. The Morgan fingerprint density at radius 3 is 2.23 bits per heavy atom. The van der Waals surface area contributed by atoms with Crippen molar-refractivity contribution in [1.82, 2.24) is 9.80 Å². The Bertz CT molecular complexity index is 829. The number of carbonyl (C=O) groups is 1. The molecular formula is C24H30F3N3O. The zero-order valence-corrected chi connectivity index (χ0v) is 18.0. The van der Waals surface area contributed by atoms with Crippen LogP contribution in [-0.4, -0.2) is 53.6 Å². The fraction of sp³-hybridized carbons (Fsp3) is 0.667. The van der Waals surface area contributed by atoms with E-state index in [9.17, 15) is 18.0 Å². The van der Waals surface area contributed by atoms with E-state index in [0.29, 0.717) is 12.0 Å². The van der Waals surface area contributed by atoms with E-state index >= 15 is 0 Å². The molecule has 0 bridgehead atoms. The quantitative estimate of drug-likeness (QED) is 0.600. The van der Waals surface area contributed by atoms with Gasteiger partial charge in [0.1, 0.15) is 0 Å². The van der Waals surface area contributed by atoms with Gasteiger partial charge in [-0.15, -0.1) is 0 Å². The molecule has 4 rings (SSSR count). The fourth-order valence-electron chi connectivity index (χ4n) is 4.80. The lowest BCUT2D eigenvalue weighted by molar-refractivity contribution is -0.146. The molecule has 1 aromatic carbocycles. The SMILES string of the molecule is CC(c1ccc(C(=O)N(C2CC2)C2CCN(CC3(CC#N)CC3)CC2)cc1)C(F)(F)F. The van der Waals surface area contributed by atoms with Crippen LogP contribution in [0.3, 0.4) is 0 Å². The number of nitriles is 1. The minimum absolute atomic E-state index is 0.0599. The lowest BCUT2D eigenvalue weighted by Crippen LogP contribution is -2.49. The smallest absolute Gasteiger partial charge is 0.333 e. The maximum absolute atomic E-state index is 13.3. The number of hydrogen-bond donors (Lipinski definition) is 0. The molecule has 1 unspecified atom stereocenters. The van der Waals surface area contributed by atoms with Crippen LogP contribution in [0.5, 0.6) is 0 Å². The van der Waals surface area contributed by atoms with Crippen molar-refractivity contribution in [2.45, 2.75) is 76.0 Å². The number of hydrogen-bond acceptors (Lipinski definition) is 3. The molecule has 1 amide bonds. The van der Waals surface area contributed by atoms with Crippen LogP contribution in [0, 0.1) is 16.7 Å². The molecule has 2 aliphatic carbocycles. The molecular weight excluding hydrogens is 403 g/mol. The summed E-state index contributed by atoms with van der Waals surface area (Å²) in [6.45, 7) is 3.97. The molecule has 31 heavy (non-hydrogen) atoms. The van der Waals surface area contributed by atoms with Crippen molar-refractivity contribution >= 4 is 5.91 Å². The molecule has 1 heterocycles. The highest BCUT2D eigenvalue weighted by molar-refractivity contribution is 5.95. The van der Waals surface area contributed by atoms with E-state index in [4.69, 9.17) is 5.26 Å². The van der Waals surface area contributed by atoms with Crippen LogP contribution in [0.15, 0.2) is 24.3 Å². The normalized spacial score (nSPS) is 22.5. The van der Waals surface area contributed by atoms with Crippen molar-refractivity contribution in [3.05, 3.63) is 35.4 Å². The number of benzene rings is 1. The molecule has 0 radical (unpaired) electrons. The van der Waals surface area contributed by atoms with Crippen molar-refractivity contribution in [1.29, 1.82) is 5.26 Å². The first-order chi connectivity index (χ1) is 14.7. The first-order valence-electron chi connectivity index (χ1n) is 11.3. The number of amides is 1. The van der Waals surface area contributed by atoms with Gasteiger partial charge in [-0.2, -0.15) is 18.4 Å². The van der Waals surface area contributed by atoms with Gasteiger partial charge in [-0.25, -0.2) is 0 Å². The predicted octanol–water partition coefficient (Wildman–Crippen LogP) is 5.12. The summed E-state index contributed by atoms with van der Waals surface area (Å²) in [6.07, 6.45) is 2.43. The van der Waals surface area contributed by atoms with E-state index in [-0.39, 0.29) is 29.0 Å². The van der Waals surface area contributed by atoms with Gasteiger partial charge in [0.25, 0.3) is 5.91 Å². The Morgan fingerprint density at radius 1 is 1.16 bits per heavy atom. The second kappa shape index (κ2) is 8.46. The lowest BCUT2D eigenvalue weighted by atomic mass is 9.96. The van der Waals surface area contributed by atoms with Gasteiger partial charge in [-0.05, 0) is 68.6 Å². The van der Waals surface area contributed by atoms with Gasteiger partial charge in [-0.3, -0.25) is 4.79 Å². The van der Waals surface area contributed by atoms with Crippen molar-refractivity contribution in [3.8, 4) is 6.07 Å². The van der Waals surface area contributed by atoms with Crippen LogP contribution in [0.4, 0.5) is 13.2 Å². The van der Waals surface area contributed by atoms with Gasteiger partial charge in [0.15, 0.2) is 0 Å². The van der Waals surface area contributed by atoms with Gasteiger partial charge >= 0.3 is 6.18 Å². The van der Waals surface area contributed by atoms with Crippen molar-refractivity contribution < 1.29 is 18.0 Å². The maximum Gasteiger partial charge on any atom is 0.395 e. The Hall–Kier alpha value is -2.07. The first-order valence-corrected chi connectivity index (χ1v) is 11.3. The molecule has 2 saturated carbocycles. The zero-order chi connectivity index (χ0) is 22.2.